The maximum Gasteiger partial charge on any atom is 0.430 e. The molecule has 0 saturated carbocycles. The predicted molar refractivity (Wildman–Crippen MR) is 137 cm³/mol. The van der Waals surface area contributed by atoms with E-state index in [0.29, 0.717) is 13.1 Å². The zero-order valence-corrected chi connectivity index (χ0v) is 21.1. The van der Waals surface area contributed by atoms with Crippen LogP contribution < -0.4 is 26.3 Å². The lowest BCUT2D eigenvalue weighted by Gasteiger charge is -2.27. The fourth-order valence-corrected chi connectivity index (χ4v) is 8.11. The van der Waals surface area contributed by atoms with E-state index in [0.717, 1.165) is 12.6 Å². The van der Waals surface area contributed by atoms with Gasteiger partial charge in [0.2, 0.25) is 5.91 Å². The first kappa shape index (κ1) is 29.0. The first-order valence-corrected chi connectivity index (χ1v) is 13.3. The van der Waals surface area contributed by atoms with Crippen LogP contribution >= 0.6 is 7.26 Å². The minimum atomic E-state index is -5.19. The van der Waals surface area contributed by atoms with Gasteiger partial charge < -0.3 is 20.1 Å². The summed E-state index contributed by atoms with van der Waals surface area (Å²) in [5.41, 5.74) is 0. The molecule has 192 valence electrons. The highest BCUT2D eigenvalue weighted by molar-refractivity contribution is 7.95. The number of rotatable bonds is 9. The van der Waals surface area contributed by atoms with E-state index in [9.17, 15) is 18.0 Å². The summed E-state index contributed by atoms with van der Waals surface area (Å²) in [6.45, 7) is 1.12. The lowest BCUT2D eigenvalue weighted by molar-refractivity contribution is -0.344. The number of carbonyl (C=O) groups excluding carboxylic acids is 2. The Morgan fingerprint density at radius 3 is 1.47 bits per heavy atom. The summed E-state index contributed by atoms with van der Waals surface area (Å²) in [4.78, 5) is 22.7. The standard InChI is InChI=1S/C25H29N2OP.C2HF3O2/c1-27(2)21-25(28)26-19-12-20-29(22-13-6-3-7-14-22,23-15-8-4-9-16-23)24-17-10-5-11-18-24;3-2(4,5)1(6)7/h3-11,13-18H,12,19-21H2,1-2H3;(H,6,7). The molecule has 5 nitrogen and oxygen atoms in total. The molecule has 0 saturated heterocycles. The lowest BCUT2D eigenvalue weighted by Crippen LogP contribution is -2.37. The molecule has 1 N–H and O–H groups in total. The molecule has 9 heteroatoms. The van der Waals surface area contributed by atoms with Crippen LogP contribution in [0.15, 0.2) is 91.0 Å². The van der Waals surface area contributed by atoms with Gasteiger partial charge in [0, 0.05) is 6.54 Å². The third-order valence-electron chi connectivity index (χ3n) is 5.27. The smallest absolute Gasteiger partial charge is 0.430 e. The summed E-state index contributed by atoms with van der Waals surface area (Å²) in [5.74, 6) is -2.93. The minimum Gasteiger partial charge on any atom is -0.542 e. The van der Waals surface area contributed by atoms with Crippen LogP contribution in [0.4, 0.5) is 13.2 Å². The Hall–Kier alpha value is -3.22. The number of hydrogen-bond donors (Lipinski definition) is 1. The number of nitrogens with one attached hydrogen (secondary N) is 1. The Morgan fingerprint density at radius 2 is 1.17 bits per heavy atom. The maximum atomic E-state index is 12.0. The minimum absolute atomic E-state index is 0.0815. The number of amides is 1. The zero-order valence-electron chi connectivity index (χ0n) is 20.2. The quantitative estimate of drug-likeness (QED) is 0.349. The van der Waals surface area contributed by atoms with Crippen LogP contribution in [0.5, 0.6) is 0 Å². The average Bonchev–Trinajstić information content (AvgIpc) is 2.85. The van der Waals surface area contributed by atoms with Crippen LogP contribution in [0, 0.1) is 0 Å². The van der Waals surface area contributed by atoms with Crippen molar-refractivity contribution in [2.75, 3.05) is 33.3 Å². The van der Waals surface area contributed by atoms with Gasteiger partial charge in [0.05, 0.1) is 12.7 Å². The van der Waals surface area contributed by atoms with Gasteiger partial charge in [0.25, 0.3) is 0 Å². The van der Waals surface area contributed by atoms with Crippen molar-refractivity contribution in [3.05, 3.63) is 91.0 Å². The second-order valence-corrected chi connectivity index (χ2v) is 11.9. The molecule has 0 bridgehead atoms. The first-order valence-electron chi connectivity index (χ1n) is 11.3. The number of nitrogens with zero attached hydrogens (tertiary/aromatic N) is 1. The number of carboxylic acids is 1. The van der Waals surface area contributed by atoms with Crippen LogP contribution in [0.25, 0.3) is 0 Å². The zero-order chi connectivity index (χ0) is 26.6. The fourth-order valence-electron chi connectivity index (χ4n) is 3.77. The Bertz CT molecular complexity index is 983. The number of carbonyl (C=O) groups is 2. The lowest BCUT2D eigenvalue weighted by atomic mass is 10.3. The summed E-state index contributed by atoms with van der Waals surface area (Å²) in [5, 5.41) is 16.0. The molecule has 0 heterocycles. The Morgan fingerprint density at radius 1 is 0.806 bits per heavy atom. The molecule has 36 heavy (non-hydrogen) atoms. The highest BCUT2D eigenvalue weighted by Gasteiger charge is 2.44. The van der Waals surface area contributed by atoms with Crippen LogP contribution in [0.2, 0.25) is 0 Å². The molecule has 0 aliphatic heterocycles. The number of benzene rings is 3. The summed E-state index contributed by atoms with van der Waals surface area (Å²) in [6, 6.07) is 32.6. The van der Waals surface area contributed by atoms with Gasteiger partial charge in [-0.25, -0.2) is 0 Å². The van der Waals surface area contributed by atoms with Crippen LogP contribution in [-0.4, -0.2) is 56.3 Å². The summed E-state index contributed by atoms with van der Waals surface area (Å²) in [6.07, 6.45) is -3.24. The number of likely N-dealkylation sites (N-methyl/N-ethyl adjacent to an activating group) is 1. The molecule has 0 aromatic heterocycles. The van der Waals surface area contributed by atoms with Gasteiger partial charge in [-0.15, -0.1) is 0 Å². The molecule has 0 aliphatic carbocycles. The summed E-state index contributed by atoms with van der Waals surface area (Å²) >= 11 is 0. The number of alkyl halides is 3. The van der Waals surface area contributed by atoms with Gasteiger partial charge in [-0.2, -0.15) is 13.2 Å². The van der Waals surface area contributed by atoms with Gasteiger partial charge in [-0.1, -0.05) is 54.6 Å². The normalized spacial score (nSPS) is 11.4. The topological polar surface area (TPSA) is 72.5 Å². The van der Waals surface area contributed by atoms with Gasteiger partial charge in [0.1, 0.15) is 29.1 Å². The van der Waals surface area contributed by atoms with E-state index < -0.39 is 19.4 Å². The van der Waals surface area contributed by atoms with E-state index in [1.54, 1.807) is 0 Å². The van der Waals surface area contributed by atoms with Crippen molar-refractivity contribution >= 4 is 35.1 Å². The summed E-state index contributed by atoms with van der Waals surface area (Å²) in [7, 11) is 2.02. The molecule has 3 rings (SSSR count). The molecule has 0 fully saturated rings. The van der Waals surface area contributed by atoms with E-state index in [4.69, 9.17) is 9.90 Å². The highest BCUT2D eigenvalue weighted by atomic mass is 31.2. The first-order chi connectivity index (χ1) is 17.1. The Labute approximate surface area is 210 Å². The van der Waals surface area contributed by atoms with E-state index in [2.05, 4.69) is 96.3 Å². The monoisotopic (exact) mass is 518 g/mol. The molecular weight excluding hydrogens is 488 g/mol. The van der Waals surface area contributed by atoms with Crippen molar-refractivity contribution < 1.29 is 27.9 Å². The second kappa shape index (κ2) is 13.8. The van der Waals surface area contributed by atoms with Gasteiger partial charge in [-0.3, -0.25) is 4.79 Å². The van der Waals surface area contributed by atoms with Crippen molar-refractivity contribution in [2.45, 2.75) is 12.6 Å². The molecule has 1 amide bonds. The van der Waals surface area contributed by atoms with Crippen LogP contribution in [0.3, 0.4) is 0 Å². The van der Waals surface area contributed by atoms with E-state index in [1.807, 2.05) is 19.0 Å². The molecule has 0 aliphatic rings. The van der Waals surface area contributed by atoms with E-state index >= 15 is 0 Å². The van der Waals surface area contributed by atoms with Crippen molar-refractivity contribution in [2.24, 2.45) is 0 Å². The number of hydrogen-bond acceptors (Lipinski definition) is 4. The summed E-state index contributed by atoms with van der Waals surface area (Å²) < 4.78 is 31.5. The predicted octanol–water partition coefficient (Wildman–Crippen LogP) is 2.35. The SMILES string of the molecule is CN(C)CC(=O)NCCC[P+](c1ccccc1)(c1ccccc1)c1ccccc1.O=C([O-])C(F)(F)F. The fraction of sp³-hybridized carbons (Fsp3) is 0.259. The van der Waals surface area contributed by atoms with E-state index in [-0.39, 0.29) is 5.91 Å². The number of halogens is 3. The maximum absolute atomic E-state index is 12.0. The molecule has 3 aromatic carbocycles. The molecule has 0 radical (unpaired) electrons. The van der Waals surface area contributed by atoms with Crippen molar-refractivity contribution in [3.63, 3.8) is 0 Å². The van der Waals surface area contributed by atoms with Gasteiger partial charge >= 0.3 is 6.18 Å². The average molecular weight is 519 g/mol. The van der Waals surface area contributed by atoms with E-state index in [1.165, 1.54) is 15.9 Å². The third kappa shape index (κ3) is 8.47. The third-order valence-corrected chi connectivity index (χ3v) is 9.80. The molecule has 0 spiro atoms. The Kier molecular flexibility index (Phi) is 11.1. The second-order valence-electron chi connectivity index (χ2n) is 8.27. The van der Waals surface area contributed by atoms with Crippen LogP contribution in [-0.2, 0) is 9.59 Å². The highest BCUT2D eigenvalue weighted by Crippen LogP contribution is 2.55. The van der Waals surface area contributed by atoms with Crippen molar-refractivity contribution in [3.8, 4) is 0 Å². The molecule has 3 aromatic rings. The number of aliphatic carboxylic acids is 1. The van der Waals surface area contributed by atoms with Crippen LogP contribution in [0.1, 0.15) is 6.42 Å². The van der Waals surface area contributed by atoms with Crippen molar-refractivity contribution in [1.82, 2.24) is 10.2 Å². The van der Waals surface area contributed by atoms with Gasteiger partial charge in [0.15, 0.2) is 0 Å². The largest absolute Gasteiger partial charge is 0.542 e. The van der Waals surface area contributed by atoms with Gasteiger partial charge in [-0.05, 0) is 56.9 Å². The molecule has 0 unspecified atom stereocenters. The number of carboxylic acid groups (broad SMARTS) is 1. The van der Waals surface area contributed by atoms with Crippen molar-refractivity contribution in [1.29, 1.82) is 0 Å². The Balaban J connectivity index is 0.000000572. The molecule has 0 atom stereocenters. The molecular formula is C27H30F3N2O3P.